The van der Waals surface area contributed by atoms with Gasteiger partial charge in [0.25, 0.3) is 0 Å². The molecule has 0 N–H and O–H groups in total. The molecule has 0 saturated carbocycles. The Labute approximate surface area is 429 Å². The molecule has 5 nitrogen and oxygen atoms in total. The Morgan fingerprint density at radius 1 is 0.284 bits per heavy atom. The zero-order valence-electron chi connectivity index (χ0n) is 41.6. The molecule has 0 aliphatic heterocycles. The van der Waals surface area contributed by atoms with Gasteiger partial charge >= 0.3 is 0 Å². The standard InChI is InChI=1S/C69H49N5/c1-68(2)57-26-16-14-24-49(57)51-32-28-46(38-59(51)68)44-30-34-61-54(36-44)52-33-29-47(39-63(52)73(61)48-22-12-7-13-23-48)45-31-35-62-55(37-45)56-40-53-50-25-15-17-27-58(50)69(3,4)60(53)41-64(56)74(62)67-71-65(42-18-8-5-9-19-42)70-66(72-67)43-20-10-6-11-21-43/h5-41H,1-4H3. The highest BCUT2D eigenvalue weighted by molar-refractivity contribution is 6.14. The highest BCUT2D eigenvalue weighted by Crippen LogP contribution is 2.52. The average Bonchev–Trinajstić information content (AvgIpc) is 4.13. The number of hydrogen-bond donors (Lipinski definition) is 0. The first-order valence-corrected chi connectivity index (χ1v) is 25.7. The van der Waals surface area contributed by atoms with Crippen molar-refractivity contribution < 1.29 is 0 Å². The number of fused-ring (bicyclic) bond motifs is 12. The van der Waals surface area contributed by atoms with Crippen molar-refractivity contribution >= 4 is 43.6 Å². The fourth-order valence-electron chi connectivity index (χ4n) is 12.6. The predicted octanol–water partition coefficient (Wildman–Crippen LogP) is 17.3. The molecule has 74 heavy (non-hydrogen) atoms. The van der Waals surface area contributed by atoms with E-state index >= 15 is 0 Å². The fraction of sp³-hybridized carbons (Fsp3) is 0.0870. The molecule has 3 heterocycles. The van der Waals surface area contributed by atoms with Crippen LogP contribution < -0.4 is 0 Å². The first kappa shape index (κ1) is 42.5. The Morgan fingerprint density at radius 2 is 0.730 bits per heavy atom. The van der Waals surface area contributed by atoms with Gasteiger partial charge in [-0.15, -0.1) is 0 Å². The van der Waals surface area contributed by atoms with Gasteiger partial charge in [-0.3, -0.25) is 4.57 Å². The van der Waals surface area contributed by atoms with Gasteiger partial charge in [-0.1, -0.05) is 191 Å². The van der Waals surface area contributed by atoms with Gasteiger partial charge in [-0.25, -0.2) is 4.98 Å². The van der Waals surface area contributed by atoms with Crippen molar-refractivity contribution in [1.82, 2.24) is 24.1 Å². The molecular weight excluding hydrogens is 899 g/mol. The van der Waals surface area contributed by atoms with Crippen LogP contribution in [0, 0.1) is 0 Å². The van der Waals surface area contributed by atoms with Crippen LogP contribution in [0.1, 0.15) is 49.9 Å². The molecule has 0 unspecified atom stereocenters. The Hall–Kier alpha value is -9.19. The molecule has 2 aliphatic rings. The number of benzene rings is 10. The lowest BCUT2D eigenvalue weighted by molar-refractivity contribution is 0.660. The third kappa shape index (κ3) is 6.20. The molecule has 0 radical (unpaired) electrons. The largest absolute Gasteiger partial charge is 0.309 e. The summed E-state index contributed by atoms with van der Waals surface area (Å²) in [7, 11) is 0. The average molecular weight is 948 g/mol. The third-order valence-corrected chi connectivity index (χ3v) is 16.4. The summed E-state index contributed by atoms with van der Waals surface area (Å²) in [6.45, 7) is 9.40. The molecule has 2 aliphatic carbocycles. The second-order valence-electron chi connectivity index (χ2n) is 21.2. The number of aromatic nitrogens is 5. The Kier molecular flexibility index (Phi) is 8.99. The summed E-state index contributed by atoms with van der Waals surface area (Å²) in [5.41, 5.74) is 22.6. The van der Waals surface area contributed by atoms with Crippen molar-refractivity contribution in [3.05, 3.63) is 247 Å². The summed E-state index contributed by atoms with van der Waals surface area (Å²) < 4.78 is 4.70. The van der Waals surface area contributed by atoms with Crippen molar-refractivity contribution in [2.75, 3.05) is 0 Å². The molecule has 0 atom stereocenters. The van der Waals surface area contributed by atoms with Crippen LogP contribution >= 0.6 is 0 Å². The molecule has 0 saturated heterocycles. The SMILES string of the molecule is CC1(C)c2ccccc2-c2ccc(-c3ccc4c(c3)c3ccc(-c5ccc6c(c5)c5cc7c(cc5n6-c5nc(-c6ccccc6)nc(-c6ccccc6)n5)C(C)(C)c5ccccc5-7)cc3n4-c3ccccc3)cc21. The van der Waals surface area contributed by atoms with E-state index in [-0.39, 0.29) is 10.8 Å². The van der Waals surface area contributed by atoms with Crippen LogP contribution in [0.5, 0.6) is 0 Å². The lowest BCUT2D eigenvalue weighted by Crippen LogP contribution is -2.15. The van der Waals surface area contributed by atoms with Gasteiger partial charge in [-0.2, -0.15) is 9.97 Å². The Balaban J connectivity index is 0.931. The fourth-order valence-corrected chi connectivity index (χ4v) is 12.6. The molecule has 13 aromatic rings. The molecule has 0 fully saturated rings. The van der Waals surface area contributed by atoms with Gasteiger partial charge in [0.15, 0.2) is 11.6 Å². The molecule has 0 bridgehead atoms. The Morgan fingerprint density at radius 3 is 1.36 bits per heavy atom. The third-order valence-electron chi connectivity index (χ3n) is 16.4. The maximum atomic E-state index is 5.31. The monoisotopic (exact) mass is 947 g/mol. The van der Waals surface area contributed by atoms with Crippen LogP contribution in [0.25, 0.3) is 123 Å². The number of rotatable bonds is 6. The molecule has 10 aromatic carbocycles. The van der Waals surface area contributed by atoms with E-state index in [4.69, 9.17) is 15.0 Å². The molecule has 15 rings (SSSR count). The summed E-state index contributed by atoms with van der Waals surface area (Å²) in [5, 5.41) is 4.74. The summed E-state index contributed by atoms with van der Waals surface area (Å²) in [6.07, 6.45) is 0. The van der Waals surface area contributed by atoms with Gasteiger partial charge in [0.1, 0.15) is 0 Å². The van der Waals surface area contributed by atoms with Crippen molar-refractivity contribution in [1.29, 1.82) is 0 Å². The summed E-state index contributed by atoms with van der Waals surface area (Å²) in [5.74, 6) is 1.85. The van der Waals surface area contributed by atoms with Gasteiger partial charge in [0, 0.05) is 49.2 Å². The number of para-hydroxylation sites is 1. The van der Waals surface area contributed by atoms with Gasteiger partial charge in [0.2, 0.25) is 5.95 Å². The van der Waals surface area contributed by atoms with E-state index < -0.39 is 0 Å². The second kappa shape index (κ2) is 15.7. The van der Waals surface area contributed by atoms with Crippen LogP contribution in [0.4, 0.5) is 0 Å². The second-order valence-corrected chi connectivity index (χ2v) is 21.2. The van der Waals surface area contributed by atoms with Gasteiger partial charge in [0.05, 0.1) is 22.1 Å². The number of hydrogen-bond acceptors (Lipinski definition) is 3. The van der Waals surface area contributed by atoms with Gasteiger partial charge in [-0.05, 0) is 127 Å². The number of nitrogens with zero attached hydrogens (tertiary/aromatic N) is 5. The van der Waals surface area contributed by atoms with Crippen LogP contribution in [0.15, 0.2) is 224 Å². The topological polar surface area (TPSA) is 48.5 Å². The lowest BCUT2D eigenvalue weighted by atomic mass is 9.81. The summed E-state index contributed by atoms with van der Waals surface area (Å²) in [6, 6.07) is 81.9. The molecule has 0 spiro atoms. The van der Waals surface area contributed by atoms with Crippen LogP contribution in [0.3, 0.4) is 0 Å². The summed E-state index contributed by atoms with van der Waals surface area (Å²) in [4.78, 5) is 15.7. The van der Waals surface area contributed by atoms with E-state index in [0.717, 1.165) is 55.3 Å². The van der Waals surface area contributed by atoms with E-state index in [2.05, 4.69) is 225 Å². The predicted molar refractivity (Wildman–Crippen MR) is 305 cm³/mol. The van der Waals surface area contributed by atoms with Gasteiger partial charge < -0.3 is 4.57 Å². The van der Waals surface area contributed by atoms with Crippen molar-refractivity contribution in [3.8, 4) is 78.9 Å². The normalized spacial score (nSPS) is 13.9. The molecule has 3 aromatic heterocycles. The quantitative estimate of drug-likeness (QED) is 0.167. The van der Waals surface area contributed by atoms with E-state index in [1.54, 1.807) is 0 Å². The molecule has 5 heteroatoms. The first-order chi connectivity index (χ1) is 36.2. The molecular formula is C69H49N5. The minimum absolute atomic E-state index is 0.0727. The summed E-state index contributed by atoms with van der Waals surface area (Å²) >= 11 is 0. The Bertz CT molecular complexity index is 4410. The minimum atomic E-state index is -0.200. The molecule has 350 valence electrons. The maximum absolute atomic E-state index is 5.31. The van der Waals surface area contributed by atoms with Crippen molar-refractivity contribution in [3.63, 3.8) is 0 Å². The van der Waals surface area contributed by atoms with Crippen LogP contribution in [0.2, 0.25) is 0 Å². The van der Waals surface area contributed by atoms with E-state index in [1.807, 2.05) is 36.4 Å². The lowest BCUT2D eigenvalue weighted by Gasteiger charge is -2.22. The smallest absolute Gasteiger partial charge is 0.238 e. The zero-order chi connectivity index (χ0) is 49.5. The van der Waals surface area contributed by atoms with E-state index in [9.17, 15) is 0 Å². The molecule has 0 amide bonds. The van der Waals surface area contributed by atoms with Crippen molar-refractivity contribution in [2.45, 2.75) is 38.5 Å². The van der Waals surface area contributed by atoms with Crippen LogP contribution in [-0.4, -0.2) is 24.1 Å². The first-order valence-electron chi connectivity index (χ1n) is 25.7. The maximum Gasteiger partial charge on any atom is 0.238 e. The highest BCUT2D eigenvalue weighted by atomic mass is 15.2. The minimum Gasteiger partial charge on any atom is -0.309 e. The van der Waals surface area contributed by atoms with E-state index in [0.29, 0.717) is 17.6 Å². The van der Waals surface area contributed by atoms with Crippen molar-refractivity contribution in [2.24, 2.45) is 0 Å². The van der Waals surface area contributed by atoms with Crippen LogP contribution in [-0.2, 0) is 10.8 Å². The zero-order valence-corrected chi connectivity index (χ0v) is 41.6. The van der Waals surface area contributed by atoms with E-state index in [1.165, 1.54) is 71.9 Å². The highest BCUT2D eigenvalue weighted by Gasteiger charge is 2.37.